The van der Waals surface area contributed by atoms with Crippen LogP contribution in [-0.4, -0.2) is 24.2 Å². The van der Waals surface area contributed by atoms with Gasteiger partial charge in [0.1, 0.15) is 5.75 Å². The molecule has 0 aliphatic heterocycles. The molecule has 0 aromatic heterocycles. The molecule has 4 heteroatoms. The van der Waals surface area contributed by atoms with Crippen molar-refractivity contribution in [3.63, 3.8) is 0 Å². The fourth-order valence-corrected chi connectivity index (χ4v) is 1.37. The smallest absolute Gasteiger partial charge is 0.222 e. The fourth-order valence-electron chi connectivity index (χ4n) is 1.37. The standard InChI is InChI=1S/C13H19NO3/c1-2-7-17-8-6-13(16)14-10-11-4-3-5-12(15)9-11/h3-5,9,15H,2,6-8,10H2,1H3,(H,14,16). The van der Waals surface area contributed by atoms with Crippen molar-refractivity contribution in [2.24, 2.45) is 0 Å². The SMILES string of the molecule is CCCOCCC(=O)NCc1cccc(O)c1. The zero-order valence-corrected chi connectivity index (χ0v) is 10.1. The average molecular weight is 237 g/mol. The van der Waals surface area contributed by atoms with Crippen LogP contribution >= 0.6 is 0 Å². The van der Waals surface area contributed by atoms with Gasteiger partial charge in [-0.2, -0.15) is 0 Å². The molecule has 0 bridgehead atoms. The van der Waals surface area contributed by atoms with Gasteiger partial charge in [0, 0.05) is 19.6 Å². The van der Waals surface area contributed by atoms with Crippen LogP contribution in [0.5, 0.6) is 5.75 Å². The van der Waals surface area contributed by atoms with Crippen LogP contribution in [-0.2, 0) is 16.1 Å². The molecule has 0 spiro atoms. The van der Waals surface area contributed by atoms with E-state index in [0.29, 0.717) is 26.2 Å². The lowest BCUT2D eigenvalue weighted by atomic mass is 10.2. The lowest BCUT2D eigenvalue weighted by molar-refractivity contribution is -0.122. The molecule has 1 amide bonds. The van der Waals surface area contributed by atoms with Crippen LogP contribution < -0.4 is 5.32 Å². The number of rotatable bonds is 7. The molecule has 94 valence electrons. The largest absolute Gasteiger partial charge is 0.508 e. The minimum atomic E-state index is -0.0376. The minimum Gasteiger partial charge on any atom is -0.508 e. The Hall–Kier alpha value is -1.55. The molecule has 0 unspecified atom stereocenters. The summed E-state index contributed by atoms with van der Waals surface area (Å²) in [5.74, 6) is 0.174. The van der Waals surface area contributed by atoms with Crippen LogP contribution in [0.4, 0.5) is 0 Å². The van der Waals surface area contributed by atoms with E-state index in [9.17, 15) is 9.90 Å². The zero-order chi connectivity index (χ0) is 12.5. The van der Waals surface area contributed by atoms with E-state index < -0.39 is 0 Å². The van der Waals surface area contributed by atoms with Crippen LogP contribution in [0.15, 0.2) is 24.3 Å². The summed E-state index contributed by atoms with van der Waals surface area (Å²) in [6, 6.07) is 6.84. The van der Waals surface area contributed by atoms with E-state index in [1.165, 1.54) is 0 Å². The van der Waals surface area contributed by atoms with Crippen molar-refractivity contribution in [2.45, 2.75) is 26.3 Å². The highest BCUT2D eigenvalue weighted by Gasteiger charge is 2.01. The molecule has 0 aliphatic carbocycles. The summed E-state index contributed by atoms with van der Waals surface area (Å²) in [5, 5.41) is 12.0. The Balaban J connectivity index is 2.19. The lowest BCUT2D eigenvalue weighted by Gasteiger charge is -2.06. The van der Waals surface area contributed by atoms with Crippen molar-refractivity contribution in [1.29, 1.82) is 0 Å². The maximum atomic E-state index is 11.4. The molecule has 2 N–H and O–H groups in total. The van der Waals surface area contributed by atoms with Crippen LogP contribution in [0.25, 0.3) is 0 Å². The third-order valence-electron chi connectivity index (χ3n) is 2.22. The van der Waals surface area contributed by atoms with Crippen molar-refractivity contribution in [1.82, 2.24) is 5.32 Å². The Labute approximate surface area is 102 Å². The second kappa shape index (κ2) is 7.68. The normalized spacial score (nSPS) is 10.2. The van der Waals surface area contributed by atoms with Crippen LogP contribution in [0.2, 0.25) is 0 Å². The first-order valence-corrected chi connectivity index (χ1v) is 5.84. The number of amides is 1. The predicted molar refractivity (Wildman–Crippen MR) is 65.7 cm³/mol. The summed E-state index contributed by atoms with van der Waals surface area (Å²) in [5.41, 5.74) is 0.882. The topological polar surface area (TPSA) is 58.6 Å². The number of phenols is 1. The molecule has 1 rings (SSSR count). The van der Waals surface area contributed by atoms with E-state index in [2.05, 4.69) is 5.32 Å². The van der Waals surface area contributed by atoms with E-state index in [4.69, 9.17) is 4.74 Å². The van der Waals surface area contributed by atoms with Gasteiger partial charge < -0.3 is 15.2 Å². The third kappa shape index (κ3) is 5.92. The van der Waals surface area contributed by atoms with E-state index in [1.54, 1.807) is 18.2 Å². The molecule has 4 nitrogen and oxygen atoms in total. The molecule has 1 aromatic rings. The van der Waals surface area contributed by atoms with E-state index >= 15 is 0 Å². The van der Waals surface area contributed by atoms with Gasteiger partial charge in [-0.25, -0.2) is 0 Å². The molecule has 0 heterocycles. The minimum absolute atomic E-state index is 0.0376. The van der Waals surface area contributed by atoms with E-state index in [0.717, 1.165) is 12.0 Å². The number of phenolic OH excluding ortho intramolecular Hbond substituents is 1. The lowest BCUT2D eigenvalue weighted by Crippen LogP contribution is -2.23. The first kappa shape index (κ1) is 13.5. The Morgan fingerprint density at radius 3 is 2.94 bits per heavy atom. The highest BCUT2D eigenvalue weighted by atomic mass is 16.5. The number of hydrogen-bond acceptors (Lipinski definition) is 3. The monoisotopic (exact) mass is 237 g/mol. The molecule has 1 aromatic carbocycles. The second-order valence-electron chi connectivity index (χ2n) is 3.81. The third-order valence-corrected chi connectivity index (χ3v) is 2.22. The molecule has 0 saturated carbocycles. The van der Waals surface area contributed by atoms with Crippen LogP contribution in [0, 0.1) is 0 Å². The molecule has 17 heavy (non-hydrogen) atoms. The molecule has 0 saturated heterocycles. The predicted octanol–water partition coefficient (Wildman–Crippen LogP) is 1.83. The fraction of sp³-hybridized carbons (Fsp3) is 0.462. The molecule has 0 radical (unpaired) electrons. The highest BCUT2D eigenvalue weighted by Crippen LogP contribution is 2.10. The summed E-state index contributed by atoms with van der Waals surface area (Å²) in [6.45, 7) is 3.61. The molecular formula is C13H19NO3. The maximum Gasteiger partial charge on any atom is 0.222 e. The Bertz CT molecular complexity index is 352. The second-order valence-corrected chi connectivity index (χ2v) is 3.81. The Kier molecular flexibility index (Phi) is 6.10. The number of nitrogens with one attached hydrogen (secondary N) is 1. The van der Waals surface area contributed by atoms with Crippen molar-refractivity contribution < 1.29 is 14.6 Å². The van der Waals surface area contributed by atoms with Crippen molar-refractivity contribution >= 4 is 5.91 Å². The van der Waals surface area contributed by atoms with Gasteiger partial charge >= 0.3 is 0 Å². The first-order valence-electron chi connectivity index (χ1n) is 5.84. The Morgan fingerprint density at radius 2 is 2.24 bits per heavy atom. The first-order chi connectivity index (χ1) is 8.22. The van der Waals surface area contributed by atoms with Gasteiger partial charge in [-0.3, -0.25) is 4.79 Å². The molecule has 0 fully saturated rings. The summed E-state index contributed by atoms with van der Waals surface area (Å²) >= 11 is 0. The van der Waals surface area contributed by atoms with Crippen LogP contribution in [0.3, 0.4) is 0 Å². The van der Waals surface area contributed by atoms with Gasteiger partial charge in [0.05, 0.1) is 6.61 Å². The van der Waals surface area contributed by atoms with Gasteiger partial charge in [0.2, 0.25) is 5.91 Å². The average Bonchev–Trinajstić information content (AvgIpc) is 2.32. The summed E-state index contributed by atoms with van der Waals surface area (Å²) in [4.78, 5) is 11.4. The van der Waals surface area contributed by atoms with Crippen molar-refractivity contribution in [3.8, 4) is 5.75 Å². The number of benzene rings is 1. The number of aromatic hydroxyl groups is 1. The van der Waals surface area contributed by atoms with Gasteiger partial charge in [0.15, 0.2) is 0 Å². The van der Waals surface area contributed by atoms with Gasteiger partial charge in [-0.15, -0.1) is 0 Å². The summed E-state index contributed by atoms with van der Waals surface area (Å²) < 4.78 is 5.22. The van der Waals surface area contributed by atoms with Crippen molar-refractivity contribution in [3.05, 3.63) is 29.8 Å². The Morgan fingerprint density at radius 1 is 1.41 bits per heavy atom. The molecule has 0 aliphatic rings. The van der Waals surface area contributed by atoms with Gasteiger partial charge in [0.25, 0.3) is 0 Å². The van der Waals surface area contributed by atoms with E-state index in [-0.39, 0.29) is 11.7 Å². The summed E-state index contributed by atoms with van der Waals surface area (Å²) in [6.07, 6.45) is 1.34. The van der Waals surface area contributed by atoms with Crippen molar-refractivity contribution in [2.75, 3.05) is 13.2 Å². The molecular weight excluding hydrogens is 218 g/mol. The number of hydrogen-bond donors (Lipinski definition) is 2. The van der Waals surface area contributed by atoms with E-state index in [1.807, 2.05) is 13.0 Å². The quantitative estimate of drug-likeness (QED) is 0.711. The highest BCUT2D eigenvalue weighted by molar-refractivity contribution is 5.75. The van der Waals surface area contributed by atoms with Gasteiger partial charge in [-0.1, -0.05) is 19.1 Å². The van der Waals surface area contributed by atoms with Crippen LogP contribution in [0.1, 0.15) is 25.3 Å². The number of ether oxygens (including phenoxy) is 1. The summed E-state index contributed by atoms with van der Waals surface area (Å²) in [7, 11) is 0. The maximum absolute atomic E-state index is 11.4. The number of carbonyl (C=O) groups is 1. The zero-order valence-electron chi connectivity index (χ0n) is 10.1. The number of carbonyl (C=O) groups excluding carboxylic acids is 1. The molecule has 0 atom stereocenters. The van der Waals surface area contributed by atoms with Gasteiger partial charge in [-0.05, 0) is 24.1 Å².